The molecular weight excluding hydrogens is 256 g/mol. The maximum atomic E-state index is 4.71. The zero-order valence-electron chi connectivity index (χ0n) is 13.4. The van der Waals surface area contributed by atoms with Gasteiger partial charge in [0.05, 0.1) is 0 Å². The maximum absolute atomic E-state index is 4.71. The van der Waals surface area contributed by atoms with Crippen LogP contribution in [0.5, 0.6) is 0 Å². The van der Waals surface area contributed by atoms with Crippen LogP contribution in [-0.4, -0.2) is 9.97 Å². The Labute approximate surface area is 129 Å². The third-order valence-electron chi connectivity index (χ3n) is 6.81. The normalized spacial score (nSPS) is 33.4. The molecule has 2 bridgehead atoms. The summed E-state index contributed by atoms with van der Waals surface area (Å²) in [5.41, 5.74) is 2.10. The van der Waals surface area contributed by atoms with Crippen molar-refractivity contribution in [1.29, 1.82) is 0 Å². The van der Waals surface area contributed by atoms with Gasteiger partial charge < -0.3 is 4.98 Å². The van der Waals surface area contributed by atoms with Gasteiger partial charge in [-0.05, 0) is 75.5 Å². The number of fused-ring (bicyclic) bond motifs is 3. The molecule has 5 rings (SSSR count). The van der Waals surface area contributed by atoms with E-state index in [1.165, 1.54) is 95.0 Å². The van der Waals surface area contributed by atoms with Crippen LogP contribution in [0.25, 0.3) is 0 Å². The minimum Gasteiger partial charge on any atom is -0.346 e. The number of aromatic nitrogens is 2. The van der Waals surface area contributed by atoms with E-state index in [0.717, 1.165) is 11.8 Å². The quantitative estimate of drug-likeness (QED) is 0.793. The van der Waals surface area contributed by atoms with E-state index in [-0.39, 0.29) is 0 Å². The Hall–Kier alpha value is -0.790. The van der Waals surface area contributed by atoms with Crippen LogP contribution in [0.2, 0.25) is 0 Å². The third-order valence-corrected chi connectivity index (χ3v) is 6.81. The van der Waals surface area contributed by atoms with Gasteiger partial charge in [0.1, 0.15) is 5.82 Å². The van der Waals surface area contributed by atoms with Crippen LogP contribution in [0, 0.1) is 11.3 Å². The molecule has 2 nitrogen and oxygen atoms in total. The molecule has 0 unspecified atom stereocenters. The molecule has 0 aromatic carbocycles. The summed E-state index contributed by atoms with van der Waals surface area (Å²) in [7, 11) is 0. The summed E-state index contributed by atoms with van der Waals surface area (Å²) >= 11 is 0. The van der Waals surface area contributed by atoms with Gasteiger partial charge in [-0.25, -0.2) is 4.98 Å². The first-order valence-electron chi connectivity index (χ1n) is 9.37. The second-order valence-corrected chi connectivity index (χ2v) is 8.11. The second-order valence-electron chi connectivity index (χ2n) is 8.11. The number of rotatable bonds is 4. The largest absolute Gasteiger partial charge is 0.346 e. The van der Waals surface area contributed by atoms with E-state index in [0.29, 0.717) is 5.41 Å². The van der Waals surface area contributed by atoms with Crippen LogP contribution in [0.1, 0.15) is 94.5 Å². The van der Waals surface area contributed by atoms with Crippen LogP contribution in [0.4, 0.5) is 0 Å². The Morgan fingerprint density at radius 1 is 1.00 bits per heavy atom. The molecule has 1 aromatic rings. The summed E-state index contributed by atoms with van der Waals surface area (Å²) in [5, 5.41) is 0. The molecule has 1 N–H and O–H groups in total. The third kappa shape index (κ3) is 2.91. The molecule has 4 saturated carbocycles. The summed E-state index contributed by atoms with van der Waals surface area (Å²) < 4.78 is 0. The van der Waals surface area contributed by atoms with Crippen molar-refractivity contribution in [3.8, 4) is 0 Å². The first-order chi connectivity index (χ1) is 10.3. The van der Waals surface area contributed by atoms with Crippen LogP contribution in [0.3, 0.4) is 0 Å². The molecule has 0 atom stereocenters. The van der Waals surface area contributed by atoms with E-state index in [4.69, 9.17) is 4.98 Å². The average molecular weight is 286 g/mol. The molecular formula is C19H30N2. The molecule has 116 valence electrons. The van der Waals surface area contributed by atoms with Gasteiger partial charge in [-0.2, -0.15) is 0 Å². The maximum Gasteiger partial charge on any atom is 0.109 e. The van der Waals surface area contributed by atoms with Crippen molar-refractivity contribution < 1.29 is 0 Å². The van der Waals surface area contributed by atoms with E-state index >= 15 is 0 Å². The zero-order valence-corrected chi connectivity index (χ0v) is 13.4. The number of nitrogens with one attached hydrogen (secondary N) is 1. The van der Waals surface area contributed by atoms with E-state index in [9.17, 15) is 0 Å². The summed E-state index contributed by atoms with van der Waals surface area (Å²) in [6.07, 6.45) is 20.7. The lowest BCUT2D eigenvalue weighted by atomic mass is 9.59. The zero-order chi connectivity index (χ0) is 14.1. The van der Waals surface area contributed by atoms with Crippen LogP contribution >= 0.6 is 0 Å². The topological polar surface area (TPSA) is 28.7 Å². The van der Waals surface area contributed by atoms with Crippen molar-refractivity contribution in [2.45, 2.75) is 89.4 Å². The van der Waals surface area contributed by atoms with E-state index in [2.05, 4.69) is 11.2 Å². The number of hydrogen-bond acceptors (Lipinski definition) is 1. The second kappa shape index (κ2) is 5.78. The van der Waals surface area contributed by atoms with Crippen LogP contribution < -0.4 is 0 Å². The van der Waals surface area contributed by atoms with Gasteiger partial charge in [0.15, 0.2) is 0 Å². The van der Waals surface area contributed by atoms with Gasteiger partial charge in [0.2, 0.25) is 0 Å². The van der Waals surface area contributed by atoms with Gasteiger partial charge in [-0.1, -0.05) is 19.3 Å². The van der Waals surface area contributed by atoms with Crippen molar-refractivity contribution in [2.75, 3.05) is 0 Å². The van der Waals surface area contributed by atoms with Gasteiger partial charge in [-0.15, -0.1) is 0 Å². The van der Waals surface area contributed by atoms with Gasteiger partial charge in [0, 0.05) is 17.8 Å². The monoisotopic (exact) mass is 286 g/mol. The highest BCUT2D eigenvalue weighted by Gasteiger charge is 2.39. The van der Waals surface area contributed by atoms with Crippen molar-refractivity contribution in [3.63, 3.8) is 0 Å². The Morgan fingerprint density at radius 3 is 2.43 bits per heavy atom. The molecule has 4 fully saturated rings. The fourth-order valence-electron chi connectivity index (χ4n) is 5.20. The lowest BCUT2D eigenvalue weighted by Gasteiger charge is -2.46. The van der Waals surface area contributed by atoms with Crippen molar-refractivity contribution in [3.05, 3.63) is 17.7 Å². The highest BCUT2D eigenvalue weighted by molar-refractivity contribution is 5.07. The molecule has 0 amide bonds. The van der Waals surface area contributed by atoms with Crippen LogP contribution in [0.15, 0.2) is 6.20 Å². The Bertz CT molecular complexity index is 448. The van der Waals surface area contributed by atoms with Gasteiger partial charge >= 0.3 is 0 Å². The van der Waals surface area contributed by atoms with Crippen molar-refractivity contribution >= 4 is 0 Å². The first-order valence-corrected chi connectivity index (χ1v) is 9.37. The summed E-state index contributed by atoms with van der Waals surface area (Å²) in [5.74, 6) is 3.09. The number of hydrogen-bond donors (Lipinski definition) is 1. The predicted octanol–water partition coefficient (Wildman–Crippen LogP) is 5.36. The fourth-order valence-corrected chi connectivity index (χ4v) is 5.20. The standard InChI is InChI=1S/C19H30N2/c1-2-4-16(5-3-1)18-20-14-17(21-18)9-13-19-10-6-15(7-11-19)8-12-19/h14-16H,1-13H2,(H,20,21). The van der Waals surface area contributed by atoms with Gasteiger partial charge in [-0.3, -0.25) is 0 Å². The Kier molecular flexibility index (Phi) is 3.81. The fraction of sp³-hybridized carbons (Fsp3) is 0.842. The predicted molar refractivity (Wildman–Crippen MR) is 86.4 cm³/mol. The SMILES string of the molecule is c1nc(C2CCCCC2)[nH]c1CCC12CCC(CC1)CC2. The number of aromatic amines is 1. The molecule has 4 aliphatic rings. The van der Waals surface area contributed by atoms with E-state index in [1.54, 1.807) is 0 Å². The van der Waals surface area contributed by atoms with E-state index in [1.807, 2.05) is 0 Å². The summed E-state index contributed by atoms with van der Waals surface area (Å²) in [6.45, 7) is 0. The molecule has 1 aromatic heterocycles. The molecule has 4 aliphatic carbocycles. The molecule has 0 aliphatic heterocycles. The lowest BCUT2D eigenvalue weighted by molar-refractivity contribution is 0.0567. The number of imidazole rings is 1. The molecule has 0 radical (unpaired) electrons. The van der Waals surface area contributed by atoms with Crippen LogP contribution in [-0.2, 0) is 6.42 Å². The smallest absolute Gasteiger partial charge is 0.109 e. The lowest BCUT2D eigenvalue weighted by Crippen LogP contribution is -2.34. The highest BCUT2D eigenvalue weighted by atomic mass is 14.9. The summed E-state index contributed by atoms with van der Waals surface area (Å²) in [4.78, 5) is 8.37. The molecule has 1 heterocycles. The Balaban J connectivity index is 1.35. The molecule has 21 heavy (non-hydrogen) atoms. The number of H-pyrrole nitrogens is 1. The average Bonchev–Trinajstić information content (AvgIpc) is 3.05. The first kappa shape index (κ1) is 13.8. The molecule has 2 heteroatoms. The molecule has 0 spiro atoms. The molecule has 0 saturated heterocycles. The minimum absolute atomic E-state index is 0.699. The Morgan fingerprint density at radius 2 is 1.71 bits per heavy atom. The minimum atomic E-state index is 0.699. The number of nitrogens with zero attached hydrogens (tertiary/aromatic N) is 1. The number of aryl methyl sites for hydroxylation is 1. The van der Waals surface area contributed by atoms with E-state index < -0.39 is 0 Å². The summed E-state index contributed by atoms with van der Waals surface area (Å²) in [6, 6.07) is 0. The van der Waals surface area contributed by atoms with Gasteiger partial charge in [0.25, 0.3) is 0 Å². The van der Waals surface area contributed by atoms with Crippen molar-refractivity contribution in [2.24, 2.45) is 11.3 Å². The highest BCUT2D eigenvalue weighted by Crippen LogP contribution is 2.52. The van der Waals surface area contributed by atoms with Crippen molar-refractivity contribution in [1.82, 2.24) is 9.97 Å².